The van der Waals surface area contributed by atoms with Crippen molar-refractivity contribution in [2.75, 3.05) is 17.2 Å². The summed E-state index contributed by atoms with van der Waals surface area (Å²) in [5.41, 5.74) is 0.448. The van der Waals surface area contributed by atoms with Crippen molar-refractivity contribution < 1.29 is 13.2 Å². The lowest BCUT2D eigenvalue weighted by molar-refractivity contribution is -0.137. The number of alkyl halides is 3. The van der Waals surface area contributed by atoms with Crippen LogP contribution in [0.25, 0.3) is 0 Å². The van der Waals surface area contributed by atoms with Crippen LogP contribution < -0.4 is 10.6 Å². The minimum absolute atomic E-state index is 0.0410. The minimum atomic E-state index is -4.53. The second-order valence-electron chi connectivity index (χ2n) is 5.74. The molecule has 2 N–H and O–H groups in total. The van der Waals surface area contributed by atoms with E-state index in [4.69, 9.17) is 5.26 Å². The zero-order valence-electron chi connectivity index (χ0n) is 13.6. The van der Waals surface area contributed by atoms with E-state index in [9.17, 15) is 13.2 Å². The summed E-state index contributed by atoms with van der Waals surface area (Å²) in [6, 6.07) is 2.24. The highest BCUT2D eigenvalue weighted by Crippen LogP contribution is 2.43. The normalized spacial score (nSPS) is 19.4. The van der Waals surface area contributed by atoms with Gasteiger partial charge >= 0.3 is 6.18 Å². The number of nitrogens with zero attached hydrogens (tertiary/aromatic N) is 5. The quantitative estimate of drug-likeness (QED) is 0.859. The van der Waals surface area contributed by atoms with Crippen LogP contribution in [-0.4, -0.2) is 26.3 Å². The first-order valence-electron chi connectivity index (χ1n) is 7.74. The van der Waals surface area contributed by atoms with Crippen LogP contribution in [0, 0.1) is 24.2 Å². The third kappa shape index (κ3) is 3.35. The number of aromatic nitrogens is 4. The summed E-state index contributed by atoms with van der Waals surface area (Å²) >= 11 is 0. The van der Waals surface area contributed by atoms with E-state index >= 15 is 0 Å². The SMILES string of the molecule is CCNc1nc(Nc2cnn([C@H]3C[C@H]3C#N)c2C)ncc1C(F)(F)F. The van der Waals surface area contributed by atoms with E-state index in [0.29, 0.717) is 12.2 Å². The van der Waals surface area contributed by atoms with Gasteiger partial charge in [-0.15, -0.1) is 0 Å². The molecule has 1 saturated carbocycles. The van der Waals surface area contributed by atoms with Crippen LogP contribution in [0.3, 0.4) is 0 Å². The molecule has 2 aromatic rings. The maximum absolute atomic E-state index is 13.0. The maximum Gasteiger partial charge on any atom is 0.421 e. The number of anilines is 3. The molecule has 1 aliphatic carbocycles. The Morgan fingerprint density at radius 3 is 2.76 bits per heavy atom. The van der Waals surface area contributed by atoms with E-state index < -0.39 is 11.7 Å². The van der Waals surface area contributed by atoms with Gasteiger partial charge in [0.1, 0.15) is 11.4 Å². The highest BCUT2D eigenvalue weighted by Gasteiger charge is 2.41. The van der Waals surface area contributed by atoms with Crippen LogP contribution in [0.4, 0.5) is 30.6 Å². The maximum atomic E-state index is 13.0. The fourth-order valence-electron chi connectivity index (χ4n) is 2.54. The number of hydrogen-bond donors (Lipinski definition) is 2. The van der Waals surface area contributed by atoms with Gasteiger partial charge in [0.15, 0.2) is 0 Å². The van der Waals surface area contributed by atoms with E-state index in [1.807, 2.05) is 6.92 Å². The van der Waals surface area contributed by atoms with Crippen molar-refractivity contribution in [3.05, 3.63) is 23.7 Å². The molecule has 10 heteroatoms. The van der Waals surface area contributed by atoms with E-state index in [1.165, 1.54) is 0 Å². The Bertz CT molecular complexity index is 822. The summed E-state index contributed by atoms with van der Waals surface area (Å²) < 4.78 is 40.7. The number of halogens is 3. The van der Waals surface area contributed by atoms with Gasteiger partial charge in [0.2, 0.25) is 5.95 Å². The van der Waals surface area contributed by atoms with Gasteiger partial charge in [0.05, 0.1) is 35.6 Å². The first kappa shape index (κ1) is 17.0. The lowest BCUT2D eigenvalue weighted by Gasteiger charge is -2.13. The molecule has 1 aliphatic rings. The van der Waals surface area contributed by atoms with Crippen molar-refractivity contribution in [3.63, 3.8) is 0 Å². The molecule has 1 fully saturated rings. The summed E-state index contributed by atoms with van der Waals surface area (Å²) in [5, 5.41) is 18.6. The number of nitrogens with one attached hydrogen (secondary N) is 2. The van der Waals surface area contributed by atoms with E-state index in [2.05, 4.69) is 31.8 Å². The van der Waals surface area contributed by atoms with Crippen molar-refractivity contribution in [3.8, 4) is 6.07 Å². The van der Waals surface area contributed by atoms with Gasteiger partial charge in [-0.2, -0.15) is 28.5 Å². The smallest absolute Gasteiger partial charge is 0.370 e. The largest absolute Gasteiger partial charge is 0.421 e. The molecule has 0 amide bonds. The third-order valence-electron chi connectivity index (χ3n) is 3.97. The molecule has 132 valence electrons. The zero-order valence-corrected chi connectivity index (χ0v) is 13.6. The summed E-state index contributed by atoms with van der Waals surface area (Å²) in [6.45, 7) is 3.80. The van der Waals surface area contributed by atoms with Crippen molar-refractivity contribution in [2.24, 2.45) is 5.92 Å². The van der Waals surface area contributed by atoms with Crippen molar-refractivity contribution in [1.29, 1.82) is 5.26 Å². The zero-order chi connectivity index (χ0) is 18.2. The molecule has 0 radical (unpaired) electrons. The molecule has 3 rings (SSSR count). The molecule has 0 unspecified atom stereocenters. The molecule has 2 atom stereocenters. The topological polar surface area (TPSA) is 91.5 Å². The highest BCUT2D eigenvalue weighted by atomic mass is 19.4. The van der Waals surface area contributed by atoms with E-state index in [0.717, 1.165) is 18.3 Å². The first-order chi connectivity index (χ1) is 11.8. The van der Waals surface area contributed by atoms with Gasteiger partial charge in [-0.05, 0) is 20.3 Å². The predicted octanol–water partition coefficient (Wildman–Crippen LogP) is 3.26. The minimum Gasteiger partial charge on any atom is -0.370 e. The summed E-state index contributed by atoms with van der Waals surface area (Å²) in [6.07, 6.45) is -1.48. The van der Waals surface area contributed by atoms with Gasteiger partial charge in [-0.3, -0.25) is 4.68 Å². The van der Waals surface area contributed by atoms with Gasteiger partial charge in [-0.1, -0.05) is 0 Å². The van der Waals surface area contributed by atoms with Crippen LogP contribution in [0.15, 0.2) is 12.4 Å². The summed E-state index contributed by atoms with van der Waals surface area (Å²) in [5.74, 6) is -0.280. The summed E-state index contributed by atoms with van der Waals surface area (Å²) in [4.78, 5) is 7.68. The van der Waals surface area contributed by atoms with Crippen LogP contribution in [0.1, 0.15) is 30.6 Å². The molecule has 7 nitrogen and oxygen atoms in total. The first-order valence-corrected chi connectivity index (χ1v) is 7.74. The van der Waals surface area contributed by atoms with Gasteiger partial charge in [-0.25, -0.2) is 4.98 Å². The third-order valence-corrected chi connectivity index (χ3v) is 3.97. The number of rotatable bonds is 5. The lowest BCUT2D eigenvalue weighted by atomic mass is 10.3. The molecule has 2 heterocycles. The van der Waals surface area contributed by atoms with Gasteiger partial charge in [0, 0.05) is 12.7 Å². The van der Waals surface area contributed by atoms with Crippen LogP contribution in [0.2, 0.25) is 0 Å². The Kier molecular flexibility index (Phi) is 4.24. The molecule has 0 aromatic carbocycles. The molecule has 25 heavy (non-hydrogen) atoms. The second-order valence-corrected chi connectivity index (χ2v) is 5.74. The monoisotopic (exact) mass is 351 g/mol. The molecule has 0 spiro atoms. The standard InChI is InChI=1S/C15H16F3N7/c1-3-20-13-10(15(16,17)18)6-21-14(24-13)23-11-7-22-25(8(11)2)12-4-9(12)5-19/h6-7,9,12H,3-4H2,1-2H3,(H2,20,21,23,24)/t9-,12-/m0/s1. The van der Waals surface area contributed by atoms with Crippen molar-refractivity contribution in [1.82, 2.24) is 19.7 Å². The van der Waals surface area contributed by atoms with Crippen LogP contribution in [0.5, 0.6) is 0 Å². The Labute approximate surface area is 141 Å². The summed E-state index contributed by atoms with van der Waals surface area (Å²) in [7, 11) is 0. The Morgan fingerprint density at radius 2 is 2.16 bits per heavy atom. The fourth-order valence-corrected chi connectivity index (χ4v) is 2.54. The average molecular weight is 351 g/mol. The van der Waals surface area contributed by atoms with Crippen LogP contribution in [-0.2, 0) is 6.18 Å². The molecular formula is C15H16F3N7. The Hall–Kier alpha value is -2.83. The van der Waals surface area contributed by atoms with Crippen molar-refractivity contribution >= 4 is 17.5 Å². The van der Waals surface area contributed by atoms with Crippen LogP contribution >= 0.6 is 0 Å². The number of hydrogen-bond acceptors (Lipinski definition) is 6. The van der Waals surface area contributed by atoms with E-state index in [-0.39, 0.29) is 23.7 Å². The fraction of sp³-hybridized carbons (Fsp3) is 0.467. The Morgan fingerprint density at radius 1 is 1.40 bits per heavy atom. The van der Waals surface area contributed by atoms with Crippen molar-refractivity contribution in [2.45, 2.75) is 32.5 Å². The lowest BCUT2D eigenvalue weighted by Crippen LogP contribution is -2.14. The molecule has 0 saturated heterocycles. The number of nitriles is 1. The average Bonchev–Trinajstić information content (AvgIpc) is 3.25. The predicted molar refractivity (Wildman–Crippen MR) is 84.2 cm³/mol. The Balaban J connectivity index is 1.84. The molecule has 0 bridgehead atoms. The van der Waals surface area contributed by atoms with Gasteiger partial charge < -0.3 is 10.6 Å². The molecular weight excluding hydrogens is 335 g/mol. The second kappa shape index (κ2) is 6.23. The highest BCUT2D eigenvalue weighted by molar-refractivity contribution is 5.58. The van der Waals surface area contributed by atoms with E-state index in [1.54, 1.807) is 17.8 Å². The van der Waals surface area contributed by atoms with Gasteiger partial charge in [0.25, 0.3) is 0 Å². The molecule has 2 aromatic heterocycles. The molecule has 0 aliphatic heterocycles.